The van der Waals surface area contributed by atoms with Gasteiger partial charge >= 0.3 is 6.09 Å². The molecule has 6 heteroatoms. The molecule has 1 atom stereocenters. The summed E-state index contributed by atoms with van der Waals surface area (Å²) in [7, 11) is 0. The third kappa shape index (κ3) is 4.65. The van der Waals surface area contributed by atoms with Crippen LogP contribution in [0.15, 0.2) is 24.3 Å². The number of nitrogens with zero attached hydrogens (tertiary/aromatic N) is 1. The zero-order valence-corrected chi connectivity index (χ0v) is 13.3. The Bertz CT molecular complexity index is 522. The molecule has 0 bridgehead atoms. The van der Waals surface area contributed by atoms with Gasteiger partial charge in [0.15, 0.2) is 0 Å². The van der Waals surface area contributed by atoms with Gasteiger partial charge in [-0.1, -0.05) is 0 Å². The number of carbonyl (C=O) groups excluding carboxylic acids is 2. The van der Waals surface area contributed by atoms with Crippen LogP contribution in [0, 0.1) is 0 Å². The molecule has 2 amide bonds. The molecule has 120 valence electrons. The van der Waals surface area contributed by atoms with E-state index in [9.17, 15) is 9.59 Å². The van der Waals surface area contributed by atoms with Gasteiger partial charge in [-0.3, -0.25) is 4.79 Å². The second kappa shape index (κ2) is 6.68. The summed E-state index contributed by atoms with van der Waals surface area (Å²) < 4.78 is 5.27. The van der Waals surface area contributed by atoms with Gasteiger partial charge in [-0.05, 0) is 51.5 Å². The van der Waals surface area contributed by atoms with Crippen molar-refractivity contribution in [2.24, 2.45) is 0 Å². The van der Waals surface area contributed by atoms with Crippen LogP contribution < -0.4 is 15.5 Å². The van der Waals surface area contributed by atoms with Gasteiger partial charge in [0.25, 0.3) is 0 Å². The zero-order valence-electron chi connectivity index (χ0n) is 13.3. The van der Waals surface area contributed by atoms with Crippen LogP contribution in [-0.2, 0) is 9.53 Å². The van der Waals surface area contributed by atoms with Crippen LogP contribution in [0.5, 0.6) is 0 Å². The fourth-order valence-electron chi connectivity index (χ4n) is 2.42. The molecule has 1 heterocycles. The van der Waals surface area contributed by atoms with Crippen LogP contribution in [0.4, 0.5) is 16.2 Å². The van der Waals surface area contributed by atoms with Crippen molar-refractivity contribution in [1.29, 1.82) is 0 Å². The highest BCUT2D eigenvalue weighted by Gasteiger charge is 2.26. The van der Waals surface area contributed by atoms with E-state index in [1.807, 2.05) is 45.0 Å². The molecule has 0 saturated carbocycles. The molecule has 0 spiro atoms. The van der Waals surface area contributed by atoms with E-state index in [4.69, 9.17) is 4.74 Å². The molecule has 1 unspecified atom stereocenters. The number of rotatable bonds is 4. The highest BCUT2D eigenvalue weighted by Crippen LogP contribution is 2.22. The first-order chi connectivity index (χ1) is 10.4. The van der Waals surface area contributed by atoms with Crippen LogP contribution in [0.2, 0.25) is 0 Å². The average molecular weight is 305 g/mol. The van der Waals surface area contributed by atoms with Crippen LogP contribution in [0.25, 0.3) is 0 Å². The first-order valence-corrected chi connectivity index (χ1v) is 7.42. The lowest BCUT2D eigenvalue weighted by Gasteiger charge is -2.22. The Hall–Kier alpha value is -2.24. The number of hydrogen-bond donors (Lipinski definition) is 2. The monoisotopic (exact) mass is 305 g/mol. The highest BCUT2D eigenvalue weighted by molar-refractivity contribution is 5.72. The Morgan fingerprint density at radius 1 is 1.32 bits per heavy atom. The van der Waals surface area contributed by atoms with Crippen molar-refractivity contribution in [2.75, 3.05) is 23.3 Å². The maximum atomic E-state index is 11.8. The van der Waals surface area contributed by atoms with E-state index in [0.717, 1.165) is 30.9 Å². The number of hydrogen-bond acceptors (Lipinski definition) is 4. The molecule has 0 radical (unpaired) electrons. The number of ether oxygens (including phenoxy) is 1. The summed E-state index contributed by atoms with van der Waals surface area (Å²) in [4.78, 5) is 24.4. The van der Waals surface area contributed by atoms with Gasteiger partial charge in [-0.15, -0.1) is 0 Å². The molecule has 1 aromatic rings. The van der Waals surface area contributed by atoms with Crippen LogP contribution in [0.3, 0.4) is 0 Å². The highest BCUT2D eigenvalue weighted by atomic mass is 16.6. The summed E-state index contributed by atoms with van der Waals surface area (Å²) in [5.41, 5.74) is 1.36. The molecular weight excluding hydrogens is 282 g/mol. The van der Waals surface area contributed by atoms with Crippen molar-refractivity contribution in [2.45, 2.75) is 38.8 Å². The molecule has 1 aromatic carbocycles. The SMILES string of the molecule is CC(C)(C)OC(=O)NC1CCN(c2ccc(NC=O)cc2)C1. The van der Waals surface area contributed by atoms with E-state index in [1.54, 1.807) is 0 Å². The molecule has 1 aliphatic rings. The lowest BCUT2D eigenvalue weighted by atomic mass is 10.2. The zero-order chi connectivity index (χ0) is 16.2. The molecule has 2 rings (SSSR count). The Kier molecular flexibility index (Phi) is 4.90. The van der Waals surface area contributed by atoms with E-state index in [1.165, 1.54) is 0 Å². The van der Waals surface area contributed by atoms with Crippen LogP contribution in [-0.4, -0.2) is 37.2 Å². The van der Waals surface area contributed by atoms with Gasteiger partial charge in [0.1, 0.15) is 5.60 Å². The normalized spacial score (nSPS) is 18.0. The Morgan fingerprint density at radius 3 is 2.59 bits per heavy atom. The summed E-state index contributed by atoms with van der Waals surface area (Å²) in [5.74, 6) is 0. The van der Waals surface area contributed by atoms with E-state index in [2.05, 4.69) is 15.5 Å². The standard InChI is InChI=1S/C16H23N3O3/c1-16(2,3)22-15(21)18-13-8-9-19(10-13)14-6-4-12(5-7-14)17-11-20/h4-7,11,13H,8-10H2,1-3H3,(H,17,20)(H,18,21). The molecular formula is C16H23N3O3. The summed E-state index contributed by atoms with van der Waals surface area (Å²) in [6, 6.07) is 7.72. The minimum atomic E-state index is -0.482. The number of carbonyl (C=O) groups is 2. The summed E-state index contributed by atoms with van der Waals surface area (Å²) in [6.07, 6.45) is 1.17. The van der Waals surface area contributed by atoms with E-state index < -0.39 is 5.60 Å². The molecule has 0 aromatic heterocycles. The topological polar surface area (TPSA) is 70.7 Å². The fourth-order valence-corrected chi connectivity index (χ4v) is 2.42. The van der Waals surface area contributed by atoms with Crippen LogP contribution >= 0.6 is 0 Å². The third-order valence-corrected chi connectivity index (χ3v) is 3.37. The van der Waals surface area contributed by atoms with Crippen molar-refractivity contribution in [3.63, 3.8) is 0 Å². The second-order valence-corrected chi connectivity index (χ2v) is 6.39. The van der Waals surface area contributed by atoms with E-state index in [-0.39, 0.29) is 12.1 Å². The van der Waals surface area contributed by atoms with Gasteiger partial charge in [0.05, 0.1) is 6.04 Å². The lowest BCUT2D eigenvalue weighted by Crippen LogP contribution is -2.40. The predicted octanol–water partition coefficient (Wildman–Crippen LogP) is 2.36. The first-order valence-electron chi connectivity index (χ1n) is 7.42. The molecule has 1 saturated heterocycles. The van der Waals surface area contributed by atoms with Gasteiger partial charge in [-0.2, -0.15) is 0 Å². The molecule has 2 N–H and O–H groups in total. The minimum absolute atomic E-state index is 0.0858. The van der Waals surface area contributed by atoms with E-state index >= 15 is 0 Å². The Labute approximate surface area is 130 Å². The number of benzene rings is 1. The second-order valence-electron chi connectivity index (χ2n) is 6.39. The maximum Gasteiger partial charge on any atom is 0.407 e. The summed E-state index contributed by atoms with van der Waals surface area (Å²) >= 11 is 0. The Morgan fingerprint density at radius 2 is 2.00 bits per heavy atom. The van der Waals surface area contributed by atoms with Gasteiger partial charge in [0, 0.05) is 24.5 Å². The van der Waals surface area contributed by atoms with Crippen LogP contribution in [0.1, 0.15) is 27.2 Å². The van der Waals surface area contributed by atoms with Crippen molar-refractivity contribution in [1.82, 2.24) is 5.32 Å². The smallest absolute Gasteiger partial charge is 0.407 e. The van der Waals surface area contributed by atoms with Gasteiger partial charge < -0.3 is 20.3 Å². The minimum Gasteiger partial charge on any atom is -0.444 e. The largest absolute Gasteiger partial charge is 0.444 e. The average Bonchev–Trinajstić information content (AvgIpc) is 2.86. The predicted molar refractivity (Wildman–Crippen MR) is 86.1 cm³/mol. The lowest BCUT2D eigenvalue weighted by molar-refractivity contribution is -0.105. The van der Waals surface area contributed by atoms with Crippen molar-refractivity contribution >= 4 is 23.9 Å². The van der Waals surface area contributed by atoms with Gasteiger partial charge in [0.2, 0.25) is 6.41 Å². The Balaban J connectivity index is 1.87. The quantitative estimate of drug-likeness (QED) is 0.838. The fraction of sp³-hybridized carbons (Fsp3) is 0.500. The molecule has 6 nitrogen and oxygen atoms in total. The van der Waals surface area contributed by atoms with E-state index in [0.29, 0.717) is 6.41 Å². The summed E-state index contributed by atoms with van der Waals surface area (Å²) in [6.45, 7) is 7.17. The number of amides is 2. The number of alkyl carbamates (subject to hydrolysis) is 1. The van der Waals surface area contributed by atoms with Crippen molar-refractivity contribution in [3.8, 4) is 0 Å². The molecule has 0 aliphatic carbocycles. The molecule has 22 heavy (non-hydrogen) atoms. The molecule has 1 aliphatic heterocycles. The first kappa shape index (κ1) is 16.1. The number of anilines is 2. The number of nitrogens with one attached hydrogen (secondary N) is 2. The van der Waals surface area contributed by atoms with Crippen molar-refractivity contribution < 1.29 is 14.3 Å². The maximum absolute atomic E-state index is 11.8. The third-order valence-electron chi connectivity index (χ3n) is 3.37. The summed E-state index contributed by atoms with van der Waals surface area (Å²) in [5, 5.41) is 5.51. The van der Waals surface area contributed by atoms with Gasteiger partial charge in [-0.25, -0.2) is 4.79 Å². The molecule has 1 fully saturated rings. The van der Waals surface area contributed by atoms with Crippen molar-refractivity contribution in [3.05, 3.63) is 24.3 Å².